The van der Waals surface area contributed by atoms with Gasteiger partial charge in [0.2, 0.25) is 5.13 Å². The molecule has 1 rings (SSSR count). The molecule has 0 bridgehead atoms. The van der Waals surface area contributed by atoms with Crippen molar-refractivity contribution in [2.45, 2.75) is 27.2 Å². The molecular weight excluding hydrogens is 256 g/mol. The number of nitrogens with one attached hydrogen (secondary N) is 2. The standard InChI is InChI=1S/C10H16N4O3S/c1-4-10(3,7(15)16)5-11-8(17)13-9-12-6(2)14-18-9/h4-5H2,1-3H3,(H,15,16)(H2,11,12,13,14,17). The number of rotatable bonds is 5. The van der Waals surface area contributed by atoms with Crippen LogP contribution in [0.15, 0.2) is 0 Å². The molecule has 3 N–H and O–H groups in total. The second kappa shape index (κ2) is 5.76. The molecule has 0 aromatic carbocycles. The number of carbonyl (C=O) groups excluding carboxylic acids is 1. The van der Waals surface area contributed by atoms with Gasteiger partial charge in [0, 0.05) is 18.1 Å². The Balaban J connectivity index is 2.48. The maximum Gasteiger partial charge on any atom is 0.321 e. The maximum absolute atomic E-state index is 11.5. The van der Waals surface area contributed by atoms with Gasteiger partial charge in [-0.05, 0) is 20.3 Å². The molecule has 1 aromatic rings. The Labute approximate surface area is 109 Å². The number of amides is 2. The van der Waals surface area contributed by atoms with Crippen molar-refractivity contribution in [1.29, 1.82) is 0 Å². The third-order valence-corrected chi connectivity index (χ3v) is 3.41. The Morgan fingerprint density at radius 1 is 1.50 bits per heavy atom. The van der Waals surface area contributed by atoms with Gasteiger partial charge in [-0.1, -0.05) is 6.92 Å². The number of carbonyl (C=O) groups is 2. The van der Waals surface area contributed by atoms with Crippen LogP contribution in [0.2, 0.25) is 0 Å². The number of anilines is 1. The fraction of sp³-hybridized carbons (Fsp3) is 0.600. The molecule has 7 nitrogen and oxygen atoms in total. The SMILES string of the molecule is CCC(C)(CNC(=O)Nc1nc(C)ns1)C(=O)O. The quantitative estimate of drug-likeness (QED) is 0.753. The summed E-state index contributed by atoms with van der Waals surface area (Å²) in [5.74, 6) is -0.351. The van der Waals surface area contributed by atoms with Crippen molar-refractivity contribution in [1.82, 2.24) is 14.7 Å². The minimum atomic E-state index is -0.964. The summed E-state index contributed by atoms with van der Waals surface area (Å²) >= 11 is 1.07. The lowest BCUT2D eigenvalue weighted by atomic mass is 9.88. The van der Waals surface area contributed by atoms with Crippen molar-refractivity contribution >= 4 is 28.7 Å². The number of hydrogen-bond acceptors (Lipinski definition) is 5. The summed E-state index contributed by atoms with van der Waals surface area (Å²) in [5.41, 5.74) is -0.964. The molecule has 1 atom stereocenters. The van der Waals surface area contributed by atoms with Crippen LogP contribution in [0.25, 0.3) is 0 Å². The van der Waals surface area contributed by atoms with Gasteiger partial charge in [-0.3, -0.25) is 10.1 Å². The molecule has 1 unspecified atom stereocenters. The molecule has 0 aliphatic carbocycles. The first kappa shape index (κ1) is 14.4. The Morgan fingerprint density at radius 3 is 2.61 bits per heavy atom. The lowest BCUT2D eigenvalue weighted by Crippen LogP contribution is -2.42. The summed E-state index contributed by atoms with van der Waals surface area (Å²) in [4.78, 5) is 26.5. The predicted molar refractivity (Wildman–Crippen MR) is 67.7 cm³/mol. The van der Waals surface area contributed by atoms with Crippen LogP contribution < -0.4 is 10.6 Å². The Morgan fingerprint density at radius 2 is 2.17 bits per heavy atom. The van der Waals surface area contributed by atoms with Crippen LogP contribution in [-0.4, -0.2) is 33.0 Å². The lowest BCUT2D eigenvalue weighted by Gasteiger charge is -2.22. The number of aromatic nitrogens is 2. The topological polar surface area (TPSA) is 104 Å². The number of hydrogen-bond donors (Lipinski definition) is 3. The van der Waals surface area contributed by atoms with Gasteiger partial charge >= 0.3 is 12.0 Å². The van der Waals surface area contributed by atoms with Crippen LogP contribution in [0.1, 0.15) is 26.1 Å². The van der Waals surface area contributed by atoms with Crippen LogP contribution in [0.5, 0.6) is 0 Å². The van der Waals surface area contributed by atoms with Gasteiger partial charge in [-0.2, -0.15) is 4.37 Å². The average Bonchev–Trinajstić information content (AvgIpc) is 2.71. The van der Waals surface area contributed by atoms with Crippen molar-refractivity contribution in [3.63, 3.8) is 0 Å². The van der Waals surface area contributed by atoms with E-state index in [0.29, 0.717) is 17.4 Å². The molecule has 100 valence electrons. The minimum Gasteiger partial charge on any atom is -0.481 e. The summed E-state index contributed by atoms with van der Waals surface area (Å²) in [5, 5.41) is 14.5. The van der Waals surface area contributed by atoms with Gasteiger partial charge < -0.3 is 10.4 Å². The molecule has 8 heteroatoms. The Kier molecular flexibility index (Phi) is 4.60. The van der Waals surface area contributed by atoms with E-state index in [1.165, 1.54) is 0 Å². The van der Waals surface area contributed by atoms with Crippen molar-refractivity contribution in [2.24, 2.45) is 5.41 Å². The molecule has 2 amide bonds. The second-order valence-electron chi connectivity index (χ2n) is 4.17. The average molecular weight is 272 g/mol. The molecule has 1 aromatic heterocycles. The second-order valence-corrected chi connectivity index (χ2v) is 4.93. The van der Waals surface area contributed by atoms with E-state index in [1.54, 1.807) is 20.8 Å². The van der Waals surface area contributed by atoms with Gasteiger partial charge in [0.25, 0.3) is 0 Å². The van der Waals surface area contributed by atoms with Crippen molar-refractivity contribution < 1.29 is 14.7 Å². The molecule has 18 heavy (non-hydrogen) atoms. The first-order valence-corrected chi connectivity index (χ1v) is 6.23. The van der Waals surface area contributed by atoms with E-state index < -0.39 is 17.4 Å². The van der Waals surface area contributed by atoms with Crippen LogP contribution in [0.3, 0.4) is 0 Å². The van der Waals surface area contributed by atoms with Gasteiger partial charge in [0.15, 0.2) is 0 Å². The Bertz CT molecular complexity index is 448. The smallest absolute Gasteiger partial charge is 0.321 e. The number of carboxylic acids is 1. The molecule has 0 fully saturated rings. The fourth-order valence-electron chi connectivity index (χ4n) is 1.12. The number of nitrogens with zero attached hydrogens (tertiary/aromatic N) is 2. The molecule has 0 saturated carbocycles. The normalized spacial score (nSPS) is 13.7. The van der Waals surface area contributed by atoms with Gasteiger partial charge in [0.05, 0.1) is 5.41 Å². The van der Waals surface area contributed by atoms with Crippen LogP contribution in [0, 0.1) is 12.3 Å². The largest absolute Gasteiger partial charge is 0.481 e. The van der Waals surface area contributed by atoms with E-state index in [1.807, 2.05) is 0 Å². The molecule has 0 aliphatic heterocycles. The molecule has 0 aliphatic rings. The zero-order chi connectivity index (χ0) is 13.8. The first-order chi connectivity index (χ1) is 8.37. The number of aliphatic carboxylic acids is 1. The zero-order valence-electron chi connectivity index (χ0n) is 10.5. The van der Waals surface area contributed by atoms with E-state index in [9.17, 15) is 9.59 Å². The van der Waals surface area contributed by atoms with Crippen molar-refractivity contribution in [2.75, 3.05) is 11.9 Å². The number of urea groups is 1. The van der Waals surface area contributed by atoms with Crippen molar-refractivity contribution in [3.8, 4) is 0 Å². The minimum absolute atomic E-state index is 0.0580. The predicted octanol–water partition coefficient (Wildman–Crippen LogP) is 1.47. The lowest BCUT2D eigenvalue weighted by molar-refractivity contribution is -0.147. The van der Waals surface area contributed by atoms with E-state index in [4.69, 9.17) is 5.11 Å². The molecular formula is C10H16N4O3S. The van der Waals surface area contributed by atoms with E-state index in [2.05, 4.69) is 20.0 Å². The third-order valence-electron chi connectivity index (χ3n) is 2.68. The highest BCUT2D eigenvalue weighted by Crippen LogP contribution is 2.20. The molecule has 0 spiro atoms. The van der Waals surface area contributed by atoms with Gasteiger partial charge in [-0.15, -0.1) is 0 Å². The van der Waals surface area contributed by atoms with Gasteiger partial charge in [0.1, 0.15) is 5.82 Å². The zero-order valence-corrected chi connectivity index (χ0v) is 11.3. The summed E-state index contributed by atoms with van der Waals surface area (Å²) in [6.07, 6.45) is 0.431. The number of carboxylic acid groups (broad SMARTS) is 1. The summed E-state index contributed by atoms with van der Waals surface area (Å²) < 4.78 is 3.92. The monoisotopic (exact) mass is 272 g/mol. The third kappa shape index (κ3) is 3.66. The molecule has 0 radical (unpaired) electrons. The van der Waals surface area contributed by atoms with E-state index in [0.717, 1.165) is 11.5 Å². The van der Waals surface area contributed by atoms with E-state index >= 15 is 0 Å². The maximum atomic E-state index is 11.5. The highest BCUT2D eigenvalue weighted by atomic mass is 32.1. The summed E-state index contributed by atoms with van der Waals surface area (Å²) in [7, 11) is 0. The summed E-state index contributed by atoms with van der Waals surface area (Å²) in [6.45, 7) is 5.13. The van der Waals surface area contributed by atoms with Gasteiger partial charge in [-0.25, -0.2) is 9.78 Å². The van der Waals surface area contributed by atoms with Crippen molar-refractivity contribution in [3.05, 3.63) is 5.82 Å². The molecule has 0 saturated heterocycles. The van der Waals surface area contributed by atoms with E-state index in [-0.39, 0.29) is 6.54 Å². The van der Waals surface area contributed by atoms with Crippen LogP contribution in [-0.2, 0) is 4.79 Å². The van der Waals surface area contributed by atoms with Crippen LogP contribution in [0.4, 0.5) is 9.93 Å². The van der Waals surface area contributed by atoms with Crippen LogP contribution >= 0.6 is 11.5 Å². The number of aryl methyl sites for hydroxylation is 1. The summed E-state index contributed by atoms with van der Waals surface area (Å²) in [6, 6.07) is -0.480. The Hall–Kier alpha value is -1.70. The highest BCUT2D eigenvalue weighted by molar-refractivity contribution is 7.09. The first-order valence-electron chi connectivity index (χ1n) is 5.46. The fourth-order valence-corrected chi connectivity index (χ4v) is 1.69. The molecule has 1 heterocycles. The highest BCUT2D eigenvalue weighted by Gasteiger charge is 2.31.